The summed E-state index contributed by atoms with van der Waals surface area (Å²) in [5.74, 6) is 0.225. The Morgan fingerprint density at radius 2 is 2.12 bits per heavy atom. The minimum atomic E-state index is 0.0109. The summed E-state index contributed by atoms with van der Waals surface area (Å²) in [5, 5.41) is 0. The number of thiocarbonyl (C=S) groups is 1. The number of hydrogen-bond acceptors (Lipinski definition) is 3. The number of likely N-dealkylation sites (N-methyl/N-ethyl adjacent to an activating group) is 1. The molecule has 0 aromatic rings. The van der Waals surface area contributed by atoms with Gasteiger partial charge in [-0.05, 0) is 25.8 Å². The lowest BCUT2D eigenvalue weighted by Crippen LogP contribution is -2.53. The molecule has 0 spiro atoms. The Balaban J connectivity index is 2.11. The molecular formula is C11H19N3OS. The smallest absolute Gasteiger partial charge is 0.239 e. The SMILES string of the molecule is CN1CCC(N2CCCCC2C(N)=S)C1=O. The zero-order chi connectivity index (χ0) is 11.7. The zero-order valence-corrected chi connectivity index (χ0v) is 10.5. The first-order valence-corrected chi connectivity index (χ1v) is 6.32. The third kappa shape index (κ3) is 2.06. The van der Waals surface area contributed by atoms with E-state index in [4.69, 9.17) is 18.0 Å². The molecule has 2 aliphatic heterocycles. The summed E-state index contributed by atoms with van der Waals surface area (Å²) >= 11 is 5.11. The van der Waals surface area contributed by atoms with Crippen LogP contribution in [0.3, 0.4) is 0 Å². The van der Waals surface area contributed by atoms with Gasteiger partial charge < -0.3 is 10.6 Å². The molecule has 5 heteroatoms. The van der Waals surface area contributed by atoms with Crippen LogP contribution in [-0.2, 0) is 4.79 Å². The van der Waals surface area contributed by atoms with Crippen LogP contribution in [-0.4, -0.2) is 52.9 Å². The van der Waals surface area contributed by atoms with Gasteiger partial charge in [-0.25, -0.2) is 0 Å². The summed E-state index contributed by atoms with van der Waals surface area (Å²) < 4.78 is 0. The summed E-state index contributed by atoms with van der Waals surface area (Å²) in [7, 11) is 1.86. The molecule has 0 aromatic carbocycles. The Labute approximate surface area is 102 Å². The topological polar surface area (TPSA) is 49.6 Å². The number of rotatable bonds is 2. The number of carbonyl (C=O) groups is 1. The third-order valence-electron chi connectivity index (χ3n) is 3.67. The van der Waals surface area contributed by atoms with Crippen molar-refractivity contribution in [3.63, 3.8) is 0 Å². The second-order valence-electron chi connectivity index (χ2n) is 4.72. The molecule has 0 saturated carbocycles. The quantitative estimate of drug-likeness (QED) is 0.709. The first-order valence-electron chi connectivity index (χ1n) is 5.91. The summed E-state index contributed by atoms with van der Waals surface area (Å²) in [4.78, 5) is 16.5. The average Bonchev–Trinajstić information content (AvgIpc) is 2.60. The number of likely N-dealkylation sites (tertiary alicyclic amines) is 2. The van der Waals surface area contributed by atoms with E-state index in [-0.39, 0.29) is 18.0 Å². The van der Waals surface area contributed by atoms with Crippen molar-refractivity contribution in [1.82, 2.24) is 9.80 Å². The highest BCUT2D eigenvalue weighted by atomic mass is 32.1. The second-order valence-corrected chi connectivity index (χ2v) is 5.19. The molecule has 2 fully saturated rings. The Kier molecular flexibility index (Phi) is 3.44. The highest BCUT2D eigenvalue weighted by molar-refractivity contribution is 7.80. The molecule has 90 valence electrons. The van der Waals surface area contributed by atoms with Crippen molar-refractivity contribution in [1.29, 1.82) is 0 Å². The molecule has 1 amide bonds. The highest BCUT2D eigenvalue weighted by Gasteiger charge is 2.39. The fourth-order valence-electron chi connectivity index (χ4n) is 2.74. The lowest BCUT2D eigenvalue weighted by atomic mass is 9.99. The van der Waals surface area contributed by atoms with Gasteiger partial charge >= 0.3 is 0 Å². The maximum atomic E-state index is 12.0. The Hall–Kier alpha value is -0.680. The lowest BCUT2D eigenvalue weighted by Gasteiger charge is -2.38. The standard InChI is InChI=1S/C11H19N3OS/c1-13-7-5-9(11(13)15)14-6-3-2-4-8(14)10(12)16/h8-9H,2-7H2,1H3,(H2,12,16). The molecule has 0 aliphatic carbocycles. The molecule has 4 nitrogen and oxygen atoms in total. The lowest BCUT2D eigenvalue weighted by molar-refractivity contribution is -0.131. The molecule has 0 radical (unpaired) electrons. The Morgan fingerprint density at radius 3 is 2.69 bits per heavy atom. The maximum Gasteiger partial charge on any atom is 0.239 e. The van der Waals surface area contributed by atoms with Crippen LogP contribution in [0.2, 0.25) is 0 Å². The molecule has 0 aromatic heterocycles. The van der Waals surface area contributed by atoms with Gasteiger partial charge in [-0.2, -0.15) is 0 Å². The van der Waals surface area contributed by atoms with Gasteiger partial charge in [0.05, 0.1) is 17.1 Å². The predicted molar refractivity (Wildman–Crippen MR) is 67.2 cm³/mol. The molecule has 0 bridgehead atoms. The van der Waals surface area contributed by atoms with E-state index in [1.807, 2.05) is 7.05 Å². The van der Waals surface area contributed by atoms with Crippen LogP contribution in [0, 0.1) is 0 Å². The van der Waals surface area contributed by atoms with Gasteiger partial charge in [0.25, 0.3) is 0 Å². The molecular weight excluding hydrogens is 222 g/mol. The Bertz CT molecular complexity index is 308. The van der Waals surface area contributed by atoms with Crippen molar-refractivity contribution in [3.8, 4) is 0 Å². The van der Waals surface area contributed by atoms with Crippen LogP contribution < -0.4 is 5.73 Å². The zero-order valence-electron chi connectivity index (χ0n) is 9.69. The van der Waals surface area contributed by atoms with Gasteiger partial charge in [0.2, 0.25) is 5.91 Å². The Morgan fingerprint density at radius 1 is 1.38 bits per heavy atom. The maximum absolute atomic E-state index is 12.0. The summed E-state index contributed by atoms with van der Waals surface area (Å²) in [5.41, 5.74) is 5.77. The number of nitrogens with two attached hydrogens (primary N) is 1. The van der Waals surface area contributed by atoms with E-state index in [2.05, 4.69) is 4.90 Å². The van der Waals surface area contributed by atoms with Crippen molar-refractivity contribution in [2.45, 2.75) is 37.8 Å². The summed E-state index contributed by atoms with van der Waals surface area (Å²) in [6, 6.07) is 0.140. The molecule has 2 heterocycles. The van der Waals surface area contributed by atoms with E-state index >= 15 is 0 Å². The molecule has 2 N–H and O–H groups in total. The largest absolute Gasteiger partial charge is 0.392 e. The third-order valence-corrected chi connectivity index (χ3v) is 3.94. The van der Waals surface area contributed by atoms with E-state index < -0.39 is 0 Å². The fourth-order valence-corrected chi connectivity index (χ4v) is 3.00. The minimum Gasteiger partial charge on any atom is -0.392 e. The monoisotopic (exact) mass is 241 g/mol. The van der Waals surface area contributed by atoms with Gasteiger partial charge in [-0.15, -0.1) is 0 Å². The van der Waals surface area contributed by atoms with Crippen molar-refractivity contribution in [2.75, 3.05) is 20.1 Å². The van der Waals surface area contributed by atoms with Crippen LogP contribution in [0.5, 0.6) is 0 Å². The van der Waals surface area contributed by atoms with E-state index in [0.29, 0.717) is 4.99 Å². The predicted octanol–water partition coefficient (Wildman–Crippen LogP) is 0.358. The number of carbonyl (C=O) groups excluding carboxylic acids is 1. The van der Waals surface area contributed by atoms with Gasteiger partial charge in [0, 0.05) is 13.6 Å². The van der Waals surface area contributed by atoms with E-state index in [1.165, 1.54) is 0 Å². The van der Waals surface area contributed by atoms with E-state index in [9.17, 15) is 4.79 Å². The van der Waals surface area contributed by atoms with Crippen LogP contribution in [0.4, 0.5) is 0 Å². The van der Waals surface area contributed by atoms with Crippen LogP contribution in [0.25, 0.3) is 0 Å². The highest BCUT2D eigenvalue weighted by Crippen LogP contribution is 2.25. The number of amides is 1. The van der Waals surface area contributed by atoms with Gasteiger partial charge in [0.1, 0.15) is 0 Å². The van der Waals surface area contributed by atoms with E-state index in [1.54, 1.807) is 4.90 Å². The van der Waals surface area contributed by atoms with Crippen molar-refractivity contribution in [3.05, 3.63) is 0 Å². The second kappa shape index (κ2) is 4.67. The molecule has 2 rings (SSSR count). The van der Waals surface area contributed by atoms with Crippen molar-refractivity contribution < 1.29 is 4.79 Å². The van der Waals surface area contributed by atoms with Crippen LogP contribution in [0.1, 0.15) is 25.7 Å². The molecule has 2 aliphatic rings. The van der Waals surface area contributed by atoms with Crippen LogP contribution >= 0.6 is 12.2 Å². The molecule has 16 heavy (non-hydrogen) atoms. The normalized spacial score (nSPS) is 32.1. The fraction of sp³-hybridized carbons (Fsp3) is 0.818. The first kappa shape index (κ1) is 11.8. The average molecular weight is 241 g/mol. The number of nitrogens with zero attached hydrogens (tertiary/aromatic N) is 2. The van der Waals surface area contributed by atoms with E-state index in [0.717, 1.165) is 38.8 Å². The number of piperidine rings is 1. The molecule has 2 atom stereocenters. The first-order chi connectivity index (χ1) is 7.61. The minimum absolute atomic E-state index is 0.0109. The number of hydrogen-bond donors (Lipinski definition) is 1. The summed E-state index contributed by atoms with van der Waals surface area (Å²) in [6.07, 6.45) is 4.22. The van der Waals surface area contributed by atoms with Gasteiger partial charge in [-0.1, -0.05) is 18.6 Å². The molecule has 2 unspecified atom stereocenters. The molecule has 2 saturated heterocycles. The van der Waals surface area contributed by atoms with Gasteiger partial charge in [-0.3, -0.25) is 9.69 Å². The summed E-state index contributed by atoms with van der Waals surface area (Å²) in [6.45, 7) is 1.80. The van der Waals surface area contributed by atoms with Gasteiger partial charge in [0.15, 0.2) is 0 Å². The van der Waals surface area contributed by atoms with Crippen molar-refractivity contribution >= 4 is 23.1 Å². The van der Waals surface area contributed by atoms with Crippen molar-refractivity contribution in [2.24, 2.45) is 5.73 Å². The van der Waals surface area contributed by atoms with Crippen LogP contribution in [0.15, 0.2) is 0 Å².